The summed E-state index contributed by atoms with van der Waals surface area (Å²) in [6, 6.07) is 10.6. The number of aromatic nitrogens is 2. The van der Waals surface area contributed by atoms with E-state index >= 15 is 0 Å². The van der Waals surface area contributed by atoms with Gasteiger partial charge in [0.1, 0.15) is 0 Å². The zero-order valence-electron chi connectivity index (χ0n) is 10.4. The molecule has 0 N–H and O–H groups in total. The van der Waals surface area contributed by atoms with E-state index in [9.17, 15) is 0 Å². The molecule has 1 aliphatic carbocycles. The highest BCUT2D eigenvalue weighted by Crippen LogP contribution is 2.29. The third kappa shape index (κ3) is 1.29. The average molecular weight is 234 g/mol. The van der Waals surface area contributed by atoms with Gasteiger partial charge in [0.15, 0.2) is 0 Å². The Labute approximate surface area is 106 Å². The predicted octanol–water partition coefficient (Wildman–Crippen LogP) is 3.58. The normalized spacial score (nSPS) is 14.3. The first-order chi connectivity index (χ1) is 8.83. The van der Waals surface area contributed by atoms with Gasteiger partial charge >= 0.3 is 0 Å². The van der Waals surface area contributed by atoms with E-state index in [-0.39, 0.29) is 0 Å². The van der Waals surface area contributed by atoms with Gasteiger partial charge in [-0.2, -0.15) is 0 Å². The molecule has 1 aromatic carbocycles. The van der Waals surface area contributed by atoms with Gasteiger partial charge in [0, 0.05) is 22.2 Å². The van der Waals surface area contributed by atoms with Crippen molar-refractivity contribution in [2.75, 3.05) is 0 Å². The van der Waals surface area contributed by atoms with E-state index in [0.717, 1.165) is 23.1 Å². The summed E-state index contributed by atoms with van der Waals surface area (Å²) < 4.78 is 0. The molecule has 1 aliphatic rings. The number of hydrogen-bond acceptors (Lipinski definition) is 2. The molecular weight excluding hydrogens is 220 g/mol. The molecule has 2 nitrogen and oxygen atoms in total. The average Bonchev–Trinajstić information content (AvgIpc) is 2.84. The molecule has 2 aromatic heterocycles. The molecule has 0 radical (unpaired) electrons. The maximum absolute atomic E-state index is 4.90. The lowest BCUT2D eigenvalue weighted by Crippen LogP contribution is -1.94. The van der Waals surface area contributed by atoms with Gasteiger partial charge in [0.25, 0.3) is 0 Å². The first-order valence-electron chi connectivity index (χ1n) is 6.51. The molecule has 2 heterocycles. The van der Waals surface area contributed by atoms with Gasteiger partial charge in [-0.1, -0.05) is 18.2 Å². The molecule has 0 saturated carbocycles. The van der Waals surface area contributed by atoms with E-state index in [1.807, 2.05) is 6.07 Å². The van der Waals surface area contributed by atoms with Crippen LogP contribution in [0.4, 0.5) is 0 Å². The van der Waals surface area contributed by atoms with Crippen molar-refractivity contribution in [2.45, 2.75) is 26.2 Å². The molecule has 0 bridgehead atoms. The van der Waals surface area contributed by atoms with Crippen LogP contribution in [0.25, 0.3) is 21.8 Å². The van der Waals surface area contributed by atoms with Gasteiger partial charge in [0.2, 0.25) is 0 Å². The topological polar surface area (TPSA) is 25.8 Å². The number of nitrogens with zero attached hydrogens (tertiary/aromatic N) is 2. The number of benzene rings is 1. The minimum Gasteiger partial charge on any atom is -0.252 e. The molecule has 0 fully saturated rings. The first kappa shape index (κ1) is 10.0. The molecule has 4 rings (SSSR count). The van der Waals surface area contributed by atoms with Crippen LogP contribution in [0.3, 0.4) is 0 Å². The Morgan fingerprint density at radius 1 is 1.00 bits per heavy atom. The lowest BCUT2D eigenvalue weighted by molar-refractivity contribution is 0.901. The Balaban J connectivity index is 2.22. The van der Waals surface area contributed by atoms with E-state index in [0.29, 0.717) is 0 Å². The fraction of sp³-hybridized carbons (Fsp3) is 0.250. The lowest BCUT2D eigenvalue weighted by atomic mass is 10.1. The molecule has 0 amide bonds. The molecule has 3 aromatic rings. The summed E-state index contributed by atoms with van der Waals surface area (Å²) in [6.45, 7) is 2.08. The van der Waals surface area contributed by atoms with E-state index in [1.54, 1.807) is 0 Å². The summed E-state index contributed by atoms with van der Waals surface area (Å²) >= 11 is 0. The van der Waals surface area contributed by atoms with Gasteiger partial charge < -0.3 is 0 Å². The second-order valence-electron chi connectivity index (χ2n) is 5.06. The lowest BCUT2D eigenvalue weighted by Gasteiger charge is -2.08. The summed E-state index contributed by atoms with van der Waals surface area (Å²) in [5.41, 5.74) is 5.97. The van der Waals surface area contributed by atoms with Crippen molar-refractivity contribution < 1.29 is 0 Å². The van der Waals surface area contributed by atoms with E-state index in [2.05, 4.69) is 36.2 Å². The summed E-state index contributed by atoms with van der Waals surface area (Å²) in [4.78, 5) is 9.59. The summed E-state index contributed by atoms with van der Waals surface area (Å²) in [6.07, 6.45) is 3.54. The quantitative estimate of drug-likeness (QED) is 0.556. The van der Waals surface area contributed by atoms with Crippen molar-refractivity contribution in [1.29, 1.82) is 0 Å². The maximum Gasteiger partial charge on any atom is 0.0817 e. The van der Waals surface area contributed by atoms with Crippen LogP contribution in [-0.4, -0.2) is 9.97 Å². The van der Waals surface area contributed by atoms with Crippen LogP contribution in [0.15, 0.2) is 30.3 Å². The second kappa shape index (κ2) is 3.52. The zero-order valence-corrected chi connectivity index (χ0v) is 10.4. The molecule has 2 heteroatoms. The van der Waals surface area contributed by atoms with Crippen LogP contribution >= 0.6 is 0 Å². The van der Waals surface area contributed by atoms with Crippen molar-refractivity contribution >= 4 is 21.8 Å². The van der Waals surface area contributed by atoms with Crippen LogP contribution in [0.2, 0.25) is 0 Å². The standard InChI is InChI=1S/C16H14N2/c1-10-13-9-11-5-4-8-14(11)18-16(13)12-6-2-3-7-15(12)17-10/h2-3,6-7,9H,4-5,8H2,1H3. The SMILES string of the molecule is Cc1nc2ccccc2c2nc3c(cc12)CCC3. The molecule has 18 heavy (non-hydrogen) atoms. The maximum atomic E-state index is 4.90. The van der Waals surface area contributed by atoms with Crippen LogP contribution in [0, 0.1) is 6.92 Å². The second-order valence-corrected chi connectivity index (χ2v) is 5.06. The Bertz CT molecular complexity index is 775. The van der Waals surface area contributed by atoms with Crippen LogP contribution < -0.4 is 0 Å². The highest BCUT2D eigenvalue weighted by molar-refractivity contribution is 6.04. The fourth-order valence-electron chi connectivity index (χ4n) is 2.97. The van der Waals surface area contributed by atoms with Crippen LogP contribution in [0.5, 0.6) is 0 Å². The number of para-hydroxylation sites is 1. The monoisotopic (exact) mass is 234 g/mol. The van der Waals surface area contributed by atoms with Gasteiger partial charge in [-0.25, -0.2) is 0 Å². The summed E-state index contributed by atoms with van der Waals surface area (Å²) in [5, 5.41) is 2.39. The van der Waals surface area contributed by atoms with Crippen molar-refractivity contribution in [2.24, 2.45) is 0 Å². The Morgan fingerprint density at radius 2 is 1.89 bits per heavy atom. The van der Waals surface area contributed by atoms with Gasteiger partial charge in [0.05, 0.1) is 11.0 Å². The first-order valence-corrected chi connectivity index (χ1v) is 6.51. The fourth-order valence-corrected chi connectivity index (χ4v) is 2.97. The molecule has 88 valence electrons. The van der Waals surface area contributed by atoms with Crippen molar-refractivity contribution in [3.63, 3.8) is 0 Å². The highest BCUT2D eigenvalue weighted by Gasteiger charge is 2.15. The van der Waals surface area contributed by atoms with Crippen molar-refractivity contribution in [1.82, 2.24) is 9.97 Å². The number of rotatable bonds is 0. The van der Waals surface area contributed by atoms with Crippen molar-refractivity contribution in [3.8, 4) is 0 Å². The van der Waals surface area contributed by atoms with E-state index in [4.69, 9.17) is 4.98 Å². The Hall–Kier alpha value is -1.96. The summed E-state index contributed by atoms with van der Waals surface area (Å²) in [5.74, 6) is 0. The zero-order chi connectivity index (χ0) is 12.1. The van der Waals surface area contributed by atoms with Crippen molar-refractivity contribution in [3.05, 3.63) is 47.3 Å². The minimum absolute atomic E-state index is 1.05. The molecular formula is C16H14N2. The largest absolute Gasteiger partial charge is 0.252 e. The molecule has 0 spiro atoms. The molecule has 0 saturated heterocycles. The highest BCUT2D eigenvalue weighted by atomic mass is 14.8. The third-order valence-electron chi connectivity index (χ3n) is 3.89. The third-order valence-corrected chi connectivity index (χ3v) is 3.89. The Morgan fingerprint density at radius 3 is 2.83 bits per heavy atom. The smallest absolute Gasteiger partial charge is 0.0817 e. The number of fused-ring (bicyclic) bond motifs is 4. The summed E-state index contributed by atoms with van der Waals surface area (Å²) in [7, 11) is 0. The van der Waals surface area contributed by atoms with E-state index < -0.39 is 0 Å². The van der Waals surface area contributed by atoms with Crippen LogP contribution in [-0.2, 0) is 12.8 Å². The van der Waals surface area contributed by atoms with Gasteiger partial charge in [-0.15, -0.1) is 0 Å². The molecule has 0 unspecified atom stereocenters. The number of aryl methyl sites for hydroxylation is 3. The number of pyridine rings is 2. The van der Waals surface area contributed by atoms with Gasteiger partial charge in [-0.3, -0.25) is 9.97 Å². The predicted molar refractivity (Wildman–Crippen MR) is 73.8 cm³/mol. The minimum atomic E-state index is 1.05. The van der Waals surface area contributed by atoms with Gasteiger partial charge in [-0.05, 0) is 43.9 Å². The Kier molecular flexibility index (Phi) is 1.95. The van der Waals surface area contributed by atoms with E-state index in [1.165, 1.54) is 34.9 Å². The number of hydrogen-bond donors (Lipinski definition) is 0. The van der Waals surface area contributed by atoms with Crippen LogP contribution in [0.1, 0.15) is 23.4 Å². The molecule has 0 atom stereocenters. The molecule has 0 aliphatic heterocycles.